The van der Waals surface area contributed by atoms with Crippen molar-refractivity contribution in [1.29, 1.82) is 0 Å². The fourth-order valence-electron chi connectivity index (χ4n) is 2.70. The van der Waals surface area contributed by atoms with Gasteiger partial charge in [-0.1, -0.05) is 19.1 Å². The minimum atomic E-state index is -0.484. The topological polar surface area (TPSA) is 73.6 Å². The molecule has 0 amide bonds. The van der Waals surface area contributed by atoms with Crippen LogP contribution < -0.4 is 21.1 Å². The highest BCUT2D eigenvalue weighted by Crippen LogP contribution is 2.18. The second-order valence-electron chi connectivity index (χ2n) is 6.29. The number of halogens is 1. The maximum atomic E-state index is 13.7. The van der Waals surface area contributed by atoms with Crippen molar-refractivity contribution < 1.29 is 18.7 Å². The van der Waals surface area contributed by atoms with Crippen LogP contribution in [0.25, 0.3) is 0 Å². The van der Waals surface area contributed by atoms with Crippen LogP contribution in [0.15, 0.2) is 47.8 Å². The van der Waals surface area contributed by atoms with Crippen LogP contribution in [0.5, 0.6) is 5.75 Å². The highest BCUT2D eigenvalue weighted by Gasteiger charge is 2.14. The van der Waals surface area contributed by atoms with E-state index in [-0.39, 0.29) is 18.2 Å². The van der Waals surface area contributed by atoms with E-state index in [0.717, 1.165) is 16.9 Å². The highest BCUT2D eigenvalue weighted by molar-refractivity contribution is 7.27. The first kappa shape index (κ1) is 21.7. The highest BCUT2D eigenvalue weighted by atomic mass is 31.0. The van der Waals surface area contributed by atoms with E-state index in [0.29, 0.717) is 29.4 Å². The predicted octanol–water partition coefficient (Wildman–Crippen LogP) is 3.42. The molecule has 3 N–H and O–H groups in total. The minimum absolute atomic E-state index is 0.157. The van der Waals surface area contributed by atoms with Gasteiger partial charge in [0.1, 0.15) is 17.4 Å². The summed E-state index contributed by atoms with van der Waals surface area (Å²) in [4.78, 5) is 12.4. The summed E-state index contributed by atoms with van der Waals surface area (Å²) in [5, 5.41) is 3.32. The minimum Gasteiger partial charge on any atom is -0.497 e. The van der Waals surface area contributed by atoms with Crippen molar-refractivity contribution in [2.75, 3.05) is 19.0 Å². The first-order chi connectivity index (χ1) is 13.3. The van der Waals surface area contributed by atoms with Crippen LogP contribution >= 0.6 is 9.24 Å². The number of rotatable bonds is 8. The first-order valence-corrected chi connectivity index (χ1v) is 9.54. The molecule has 150 valence electrons. The summed E-state index contributed by atoms with van der Waals surface area (Å²) in [6.45, 7) is 4.03. The molecule has 0 heterocycles. The number of carbonyl (C=O) groups is 1. The number of nitrogens with one attached hydrogen (secondary N) is 1. The maximum absolute atomic E-state index is 13.7. The van der Waals surface area contributed by atoms with Gasteiger partial charge >= 0.3 is 5.97 Å². The average Bonchev–Trinajstić information content (AvgIpc) is 2.66. The standard InChI is InChI=1S/C21H26FN2O3P/c1-4-17(20(23)24-15-6-8-19(28)18(22)12-15)21(25)27-10-9-14-5-7-16(26-3)11-13(14)2/h5-8,11-12,24H,4,9-10,23,28H2,1-3H3/b20-17+. The molecule has 2 aromatic rings. The number of methoxy groups -OCH3 is 1. The summed E-state index contributed by atoms with van der Waals surface area (Å²) in [7, 11) is 3.93. The Morgan fingerprint density at radius 2 is 2.00 bits per heavy atom. The molecule has 0 bridgehead atoms. The summed E-state index contributed by atoms with van der Waals surface area (Å²) in [5.74, 6) is 0.0866. The van der Waals surface area contributed by atoms with Crippen LogP contribution in [0.1, 0.15) is 24.5 Å². The molecule has 0 spiro atoms. The Morgan fingerprint density at radius 3 is 2.61 bits per heavy atom. The molecule has 1 unspecified atom stereocenters. The van der Waals surface area contributed by atoms with Gasteiger partial charge in [-0.05, 0) is 48.7 Å². The fourth-order valence-corrected chi connectivity index (χ4v) is 2.88. The molecule has 7 heteroatoms. The summed E-state index contributed by atoms with van der Waals surface area (Å²) < 4.78 is 24.2. The third kappa shape index (κ3) is 5.70. The van der Waals surface area contributed by atoms with Crippen molar-refractivity contribution in [2.24, 2.45) is 5.73 Å². The van der Waals surface area contributed by atoms with E-state index in [1.165, 1.54) is 6.07 Å². The van der Waals surface area contributed by atoms with Gasteiger partial charge < -0.3 is 20.5 Å². The monoisotopic (exact) mass is 404 g/mol. The molecular weight excluding hydrogens is 378 g/mol. The second-order valence-corrected chi connectivity index (χ2v) is 6.91. The normalized spacial score (nSPS) is 11.6. The van der Waals surface area contributed by atoms with Crippen LogP contribution in [0.3, 0.4) is 0 Å². The molecule has 0 saturated carbocycles. The van der Waals surface area contributed by atoms with E-state index in [2.05, 4.69) is 14.6 Å². The lowest BCUT2D eigenvalue weighted by atomic mass is 10.1. The third-order valence-electron chi connectivity index (χ3n) is 4.36. The molecule has 0 fully saturated rings. The van der Waals surface area contributed by atoms with E-state index in [1.54, 1.807) is 19.2 Å². The smallest absolute Gasteiger partial charge is 0.337 e. The predicted molar refractivity (Wildman–Crippen MR) is 113 cm³/mol. The zero-order valence-electron chi connectivity index (χ0n) is 16.3. The molecular formula is C21H26FN2O3P. The number of carbonyl (C=O) groups excluding carboxylic acids is 1. The van der Waals surface area contributed by atoms with Crippen molar-refractivity contribution in [1.82, 2.24) is 0 Å². The van der Waals surface area contributed by atoms with E-state index in [9.17, 15) is 9.18 Å². The number of nitrogens with two attached hydrogens (primary N) is 1. The van der Waals surface area contributed by atoms with Crippen LogP contribution in [-0.4, -0.2) is 19.7 Å². The molecule has 2 rings (SSSR count). The number of hydrogen-bond donors (Lipinski definition) is 2. The lowest BCUT2D eigenvalue weighted by molar-refractivity contribution is -0.139. The number of benzene rings is 2. The van der Waals surface area contributed by atoms with Gasteiger partial charge in [-0.15, -0.1) is 9.24 Å². The van der Waals surface area contributed by atoms with Gasteiger partial charge in [-0.2, -0.15) is 0 Å². The quantitative estimate of drug-likeness (QED) is 0.401. The summed E-state index contributed by atoms with van der Waals surface area (Å²) in [6, 6.07) is 10.4. The Hall–Kier alpha value is -2.59. The van der Waals surface area contributed by atoms with Crippen LogP contribution in [0.2, 0.25) is 0 Å². The molecule has 0 aliphatic carbocycles. The number of hydrogen-bond acceptors (Lipinski definition) is 5. The molecule has 28 heavy (non-hydrogen) atoms. The van der Waals surface area contributed by atoms with Crippen molar-refractivity contribution in [3.63, 3.8) is 0 Å². The second kappa shape index (κ2) is 10.1. The van der Waals surface area contributed by atoms with Crippen molar-refractivity contribution in [3.05, 3.63) is 64.7 Å². The van der Waals surface area contributed by atoms with Crippen LogP contribution in [0, 0.1) is 12.7 Å². The van der Waals surface area contributed by atoms with E-state index < -0.39 is 5.97 Å². The molecule has 0 radical (unpaired) electrons. The Morgan fingerprint density at radius 1 is 1.25 bits per heavy atom. The van der Waals surface area contributed by atoms with Crippen molar-refractivity contribution in [2.45, 2.75) is 26.7 Å². The number of ether oxygens (including phenoxy) is 2. The third-order valence-corrected chi connectivity index (χ3v) is 4.83. The molecule has 1 atom stereocenters. The Balaban J connectivity index is 1.99. The van der Waals surface area contributed by atoms with Gasteiger partial charge in [-0.3, -0.25) is 0 Å². The molecule has 0 aliphatic heterocycles. The zero-order chi connectivity index (χ0) is 20.7. The van der Waals surface area contributed by atoms with Crippen molar-refractivity contribution in [3.8, 4) is 5.75 Å². The Kier molecular flexibility index (Phi) is 7.82. The molecule has 0 aliphatic rings. The van der Waals surface area contributed by atoms with E-state index >= 15 is 0 Å². The number of anilines is 1. The average molecular weight is 404 g/mol. The Bertz CT molecular complexity index is 884. The first-order valence-electron chi connectivity index (χ1n) is 8.97. The Labute approximate surface area is 167 Å². The summed E-state index contributed by atoms with van der Waals surface area (Å²) >= 11 is 0. The largest absolute Gasteiger partial charge is 0.497 e. The number of esters is 1. The molecule has 2 aromatic carbocycles. The lowest BCUT2D eigenvalue weighted by Gasteiger charge is -2.13. The van der Waals surface area contributed by atoms with E-state index in [4.69, 9.17) is 15.2 Å². The van der Waals surface area contributed by atoms with Gasteiger partial charge in [0, 0.05) is 17.4 Å². The SMILES string of the molecule is CC/C(C(=O)OCCc1ccc(OC)cc1C)=C(/N)Nc1ccc(P)c(F)c1. The fraction of sp³-hybridized carbons (Fsp3) is 0.286. The van der Waals surface area contributed by atoms with Gasteiger partial charge in [0.15, 0.2) is 0 Å². The lowest BCUT2D eigenvalue weighted by Crippen LogP contribution is -2.20. The summed E-state index contributed by atoms with van der Waals surface area (Å²) in [6.07, 6.45) is 0.982. The molecule has 5 nitrogen and oxygen atoms in total. The van der Waals surface area contributed by atoms with Gasteiger partial charge in [0.2, 0.25) is 0 Å². The molecule has 0 saturated heterocycles. The van der Waals surface area contributed by atoms with Crippen LogP contribution in [0.4, 0.5) is 10.1 Å². The maximum Gasteiger partial charge on any atom is 0.337 e. The summed E-state index contributed by atoms with van der Waals surface area (Å²) in [5.41, 5.74) is 8.95. The van der Waals surface area contributed by atoms with Crippen LogP contribution in [-0.2, 0) is 16.0 Å². The number of aryl methyl sites for hydroxylation is 1. The van der Waals surface area contributed by atoms with Gasteiger partial charge in [0.05, 0.1) is 19.3 Å². The zero-order valence-corrected chi connectivity index (χ0v) is 17.5. The van der Waals surface area contributed by atoms with Gasteiger partial charge in [0.25, 0.3) is 0 Å². The van der Waals surface area contributed by atoms with Crippen molar-refractivity contribution >= 4 is 26.2 Å². The van der Waals surface area contributed by atoms with E-state index in [1.807, 2.05) is 32.0 Å². The van der Waals surface area contributed by atoms with Gasteiger partial charge in [-0.25, -0.2) is 9.18 Å². The molecule has 0 aromatic heterocycles.